The number of benzene rings is 1. The zero-order valence-electron chi connectivity index (χ0n) is 12.1. The SMILES string of the molecule is CCc1ccc(CNC2CCCC(C)(C)C2)cc1. The van der Waals surface area contributed by atoms with Crippen LogP contribution in [0.3, 0.4) is 0 Å². The predicted molar refractivity (Wildman–Crippen MR) is 78.7 cm³/mol. The highest BCUT2D eigenvalue weighted by atomic mass is 14.9. The summed E-state index contributed by atoms with van der Waals surface area (Å²) in [6.45, 7) is 8.02. The van der Waals surface area contributed by atoms with Crippen LogP contribution in [-0.2, 0) is 13.0 Å². The zero-order chi connectivity index (χ0) is 13.0. The average molecular weight is 245 g/mol. The number of nitrogens with one attached hydrogen (secondary N) is 1. The lowest BCUT2D eigenvalue weighted by molar-refractivity contribution is 0.198. The molecule has 1 atom stereocenters. The highest BCUT2D eigenvalue weighted by Crippen LogP contribution is 2.35. The minimum absolute atomic E-state index is 0.530. The molecule has 1 nitrogen and oxygen atoms in total. The number of rotatable bonds is 4. The maximum Gasteiger partial charge on any atom is 0.0208 e. The Morgan fingerprint density at radius 1 is 1.17 bits per heavy atom. The third-order valence-corrected chi connectivity index (χ3v) is 4.23. The van der Waals surface area contributed by atoms with Gasteiger partial charge in [-0.05, 0) is 42.2 Å². The summed E-state index contributed by atoms with van der Waals surface area (Å²) >= 11 is 0. The molecule has 1 N–H and O–H groups in total. The summed E-state index contributed by atoms with van der Waals surface area (Å²) in [4.78, 5) is 0. The van der Waals surface area contributed by atoms with Crippen molar-refractivity contribution < 1.29 is 0 Å². The zero-order valence-corrected chi connectivity index (χ0v) is 12.1. The molecule has 1 aliphatic rings. The molecule has 0 amide bonds. The van der Waals surface area contributed by atoms with Crippen LogP contribution in [0, 0.1) is 5.41 Å². The lowest BCUT2D eigenvalue weighted by Gasteiger charge is -2.35. The molecule has 1 unspecified atom stereocenters. The van der Waals surface area contributed by atoms with Crippen LogP contribution >= 0.6 is 0 Å². The second kappa shape index (κ2) is 5.88. The molecule has 1 heteroatoms. The van der Waals surface area contributed by atoms with Gasteiger partial charge in [-0.15, -0.1) is 0 Å². The Balaban J connectivity index is 1.83. The molecule has 2 rings (SSSR count). The predicted octanol–water partition coefficient (Wildman–Crippen LogP) is 4.31. The molecule has 1 saturated carbocycles. The number of hydrogen-bond donors (Lipinski definition) is 1. The van der Waals surface area contributed by atoms with Crippen LogP contribution in [0.1, 0.15) is 57.6 Å². The minimum atomic E-state index is 0.530. The van der Waals surface area contributed by atoms with Gasteiger partial charge in [0, 0.05) is 12.6 Å². The summed E-state index contributed by atoms with van der Waals surface area (Å²) in [5, 5.41) is 3.73. The third kappa shape index (κ3) is 3.84. The molecule has 1 aromatic carbocycles. The molecule has 0 heterocycles. The maximum atomic E-state index is 3.73. The van der Waals surface area contributed by atoms with Crippen molar-refractivity contribution in [3.8, 4) is 0 Å². The van der Waals surface area contributed by atoms with E-state index < -0.39 is 0 Å². The molecular formula is C17H27N. The molecule has 100 valence electrons. The van der Waals surface area contributed by atoms with Gasteiger partial charge in [-0.1, -0.05) is 51.5 Å². The Labute approximate surface area is 112 Å². The molecule has 0 aromatic heterocycles. The average Bonchev–Trinajstić information content (AvgIpc) is 2.36. The highest BCUT2D eigenvalue weighted by Gasteiger charge is 2.27. The highest BCUT2D eigenvalue weighted by molar-refractivity contribution is 5.22. The summed E-state index contributed by atoms with van der Waals surface area (Å²) in [7, 11) is 0. The first kappa shape index (κ1) is 13.6. The summed E-state index contributed by atoms with van der Waals surface area (Å²) < 4.78 is 0. The van der Waals surface area contributed by atoms with Crippen LogP contribution in [0.2, 0.25) is 0 Å². The van der Waals surface area contributed by atoms with Crippen LogP contribution in [0.5, 0.6) is 0 Å². The molecule has 1 fully saturated rings. The first-order valence-corrected chi connectivity index (χ1v) is 7.40. The Morgan fingerprint density at radius 2 is 1.83 bits per heavy atom. The van der Waals surface area contributed by atoms with Gasteiger partial charge in [0.25, 0.3) is 0 Å². The van der Waals surface area contributed by atoms with E-state index in [1.807, 2.05) is 0 Å². The van der Waals surface area contributed by atoms with Gasteiger partial charge in [-0.25, -0.2) is 0 Å². The number of hydrogen-bond acceptors (Lipinski definition) is 1. The van der Waals surface area contributed by atoms with Crippen LogP contribution in [-0.4, -0.2) is 6.04 Å². The lowest BCUT2D eigenvalue weighted by atomic mass is 9.75. The van der Waals surface area contributed by atoms with Gasteiger partial charge in [-0.2, -0.15) is 0 Å². The Kier molecular flexibility index (Phi) is 4.45. The van der Waals surface area contributed by atoms with E-state index in [1.54, 1.807) is 0 Å². The second-order valence-electron chi connectivity index (χ2n) is 6.51. The summed E-state index contributed by atoms with van der Waals surface area (Å²) in [6.07, 6.45) is 6.55. The van der Waals surface area contributed by atoms with Crippen molar-refractivity contribution in [2.75, 3.05) is 0 Å². The summed E-state index contributed by atoms with van der Waals surface area (Å²) in [5.74, 6) is 0. The van der Waals surface area contributed by atoms with Crippen molar-refractivity contribution in [3.05, 3.63) is 35.4 Å². The molecule has 0 bridgehead atoms. The van der Waals surface area contributed by atoms with Gasteiger partial charge in [0.1, 0.15) is 0 Å². The molecular weight excluding hydrogens is 218 g/mol. The molecule has 18 heavy (non-hydrogen) atoms. The van der Waals surface area contributed by atoms with Crippen molar-refractivity contribution >= 4 is 0 Å². The maximum absolute atomic E-state index is 3.73. The van der Waals surface area contributed by atoms with Crippen LogP contribution < -0.4 is 5.32 Å². The molecule has 1 aliphatic carbocycles. The van der Waals surface area contributed by atoms with Crippen molar-refractivity contribution in [1.29, 1.82) is 0 Å². The van der Waals surface area contributed by atoms with E-state index in [9.17, 15) is 0 Å². The van der Waals surface area contributed by atoms with E-state index in [0.29, 0.717) is 11.5 Å². The van der Waals surface area contributed by atoms with Gasteiger partial charge >= 0.3 is 0 Å². The van der Waals surface area contributed by atoms with E-state index in [0.717, 1.165) is 13.0 Å². The fraction of sp³-hybridized carbons (Fsp3) is 0.647. The smallest absolute Gasteiger partial charge is 0.0208 e. The van der Waals surface area contributed by atoms with Crippen molar-refractivity contribution in [2.45, 2.75) is 65.5 Å². The number of aryl methyl sites for hydroxylation is 1. The fourth-order valence-electron chi connectivity index (χ4n) is 3.03. The van der Waals surface area contributed by atoms with Crippen molar-refractivity contribution in [2.24, 2.45) is 5.41 Å². The van der Waals surface area contributed by atoms with E-state index in [-0.39, 0.29) is 0 Å². The normalized spacial score (nSPS) is 22.9. The molecule has 0 saturated heterocycles. The fourth-order valence-corrected chi connectivity index (χ4v) is 3.03. The van der Waals surface area contributed by atoms with E-state index >= 15 is 0 Å². The summed E-state index contributed by atoms with van der Waals surface area (Å²) in [6, 6.07) is 9.74. The first-order chi connectivity index (χ1) is 8.59. The standard InChI is InChI=1S/C17H27N/c1-4-14-7-9-15(10-8-14)13-18-16-6-5-11-17(2,3)12-16/h7-10,16,18H,4-6,11-13H2,1-3H3. The van der Waals surface area contributed by atoms with Crippen molar-refractivity contribution in [1.82, 2.24) is 5.32 Å². The van der Waals surface area contributed by atoms with E-state index in [4.69, 9.17) is 0 Å². The first-order valence-electron chi connectivity index (χ1n) is 7.40. The topological polar surface area (TPSA) is 12.0 Å². The van der Waals surface area contributed by atoms with Crippen LogP contribution in [0.4, 0.5) is 0 Å². The van der Waals surface area contributed by atoms with Crippen LogP contribution in [0.25, 0.3) is 0 Å². The van der Waals surface area contributed by atoms with E-state index in [1.165, 1.54) is 36.8 Å². The lowest BCUT2D eigenvalue weighted by Crippen LogP contribution is -2.36. The quantitative estimate of drug-likeness (QED) is 0.833. The molecule has 0 spiro atoms. The Hall–Kier alpha value is -0.820. The Bertz CT molecular complexity index is 364. The van der Waals surface area contributed by atoms with Crippen molar-refractivity contribution in [3.63, 3.8) is 0 Å². The van der Waals surface area contributed by atoms with Gasteiger partial charge in [0.05, 0.1) is 0 Å². The van der Waals surface area contributed by atoms with Gasteiger partial charge < -0.3 is 5.32 Å². The minimum Gasteiger partial charge on any atom is -0.310 e. The van der Waals surface area contributed by atoms with Crippen LogP contribution in [0.15, 0.2) is 24.3 Å². The van der Waals surface area contributed by atoms with Gasteiger partial charge in [-0.3, -0.25) is 0 Å². The molecule has 0 radical (unpaired) electrons. The van der Waals surface area contributed by atoms with Gasteiger partial charge in [0.15, 0.2) is 0 Å². The second-order valence-corrected chi connectivity index (χ2v) is 6.51. The molecule has 1 aromatic rings. The molecule has 0 aliphatic heterocycles. The Morgan fingerprint density at radius 3 is 2.44 bits per heavy atom. The largest absolute Gasteiger partial charge is 0.310 e. The monoisotopic (exact) mass is 245 g/mol. The van der Waals surface area contributed by atoms with Gasteiger partial charge in [0.2, 0.25) is 0 Å². The van der Waals surface area contributed by atoms with E-state index in [2.05, 4.69) is 50.4 Å². The summed E-state index contributed by atoms with van der Waals surface area (Å²) in [5.41, 5.74) is 3.37. The third-order valence-electron chi connectivity index (χ3n) is 4.23.